The first-order valence-corrected chi connectivity index (χ1v) is 5.19. The Labute approximate surface area is 129 Å². The van der Waals surface area contributed by atoms with Gasteiger partial charge in [-0.2, -0.15) is 70.2 Å². The predicted molar refractivity (Wildman–Crippen MR) is 42.6 cm³/mol. The lowest BCUT2D eigenvalue weighted by molar-refractivity contribution is -0.530. The summed E-state index contributed by atoms with van der Waals surface area (Å²) in [4.78, 5) is 0. The Morgan fingerprint density at radius 2 is 0.615 bits per heavy atom. The van der Waals surface area contributed by atoms with Gasteiger partial charge in [0.1, 0.15) is 0 Å². The molecule has 0 amide bonds. The lowest BCUT2D eigenvalue weighted by Crippen LogP contribution is -2.82. The van der Waals surface area contributed by atoms with E-state index in [4.69, 9.17) is 5.11 Å². The van der Waals surface area contributed by atoms with Crippen LogP contribution in [0.2, 0.25) is 0 Å². The molecule has 0 aliphatic rings. The van der Waals surface area contributed by atoms with Crippen LogP contribution in [-0.4, -0.2) is 47.5 Å². The molecule has 1 unspecified atom stereocenters. The highest BCUT2D eigenvalue weighted by Gasteiger charge is 3.03. The highest BCUT2D eigenvalue weighted by molar-refractivity contribution is 5.22. The summed E-state index contributed by atoms with van der Waals surface area (Å²) in [5, 5.41) is 7.67. The average molecular weight is 436 g/mol. The second kappa shape index (κ2) is 5.63. The molecule has 0 rings (SSSR count). The fourth-order valence-electron chi connectivity index (χ4n) is 1.91. The molecule has 1 N–H and O–H groups in total. The van der Waals surface area contributed by atoms with Gasteiger partial charge in [0, 0.05) is 0 Å². The van der Waals surface area contributed by atoms with Crippen LogP contribution in [0.4, 0.5) is 74.6 Å². The average Bonchev–Trinajstić information content (AvgIpc) is 2.18. The van der Waals surface area contributed by atoms with Gasteiger partial charge >= 0.3 is 47.8 Å². The van der Waals surface area contributed by atoms with E-state index < -0.39 is 47.8 Å². The Bertz CT molecular complexity index is 475. The summed E-state index contributed by atoms with van der Waals surface area (Å²) in [7, 11) is 0. The van der Waals surface area contributed by atoms with E-state index in [1.807, 2.05) is 0 Å². The van der Waals surface area contributed by atoms with Crippen LogP contribution in [0.1, 0.15) is 0 Å². The smallest absolute Gasteiger partial charge is 0.334 e. The maximum atomic E-state index is 13.8. The Morgan fingerprint density at radius 3 is 0.731 bits per heavy atom. The number of halogens is 17. The van der Waals surface area contributed by atoms with E-state index >= 15 is 0 Å². The topological polar surface area (TPSA) is 20.2 Å². The van der Waals surface area contributed by atoms with Gasteiger partial charge in [0.05, 0.1) is 0 Å². The molecule has 0 aromatic heterocycles. The Balaban J connectivity index is 7.82. The highest BCUT2D eigenvalue weighted by Crippen LogP contribution is 2.73. The van der Waals surface area contributed by atoms with Crippen molar-refractivity contribution in [3.8, 4) is 0 Å². The number of rotatable bonds is 3. The molecule has 0 aliphatic carbocycles. The summed E-state index contributed by atoms with van der Waals surface area (Å²) < 4.78 is 213. The first-order valence-electron chi connectivity index (χ1n) is 5.19. The molecule has 0 fully saturated rings. The Kier molecular flexibility index (Phi) is 5.37. The van der Waals surface area contributed by atoms with E-state index in [-0.39, 0.29) is 0 Å². The first-order chi connectivity index (χ1) is 10.8. The lowest BCUT2D eigenvalue weighted by atomic mass is 9.66. The third-order valence-electron chi connectivity index (χ3n) is 3.00. The van der Waals surface area contributed by atoms with Crippen molar-refractivity contribution in [2.45, 2.75) is 42.4 Å². The summed E-state index contributed by atoms with van der Waals surface area (Å²) in [6.07, 6.45) is -42.1. The minimum atomic E-state index is -9.04. The first kappa shape index (κ1) is 24.8. The van der Waals surface area contributed by atoms with Crippen LogP contribution in [-0.2, 0) is 0 Å². The molecular formula is C8HF17O. The molecule has 0 aromatic rings. The van der Waals surface area contributed by atoms with Crippen molar-refractivity contribution in [3.63, 3.8) is 0 Å². The molecular weight excluding hydrogens is 435 g/mol. The van der Waals surface area contributed by atoms with Crippen molar-refractivity contribution in [1.29, 1.82) is 0 Å². The largest absolute Gasteiger partial charge is 0.457 e. The van der Waals surface area contributed by atoms with Gasteiger partial charge in [0.25, 0.3) is 0 Å². The zero-order chi connectivity index (χ0) is 22.0. The molecule has 1 nitrogen and oxygen atoms in total. The van der Waals surface area contributed by atoms with Crippen LogP contribution in [0.25, 0.3) is 0 Å². The van der Waals surface area contributed by atoms with Crippen LogP contribution in [0.5, 0.6) is 0 Å². The lowest BCUT2D eigenvalue weighted by Gasteiger charge is -2.50. The van der Waals surface area contributed by atoms with Gasteiger partial charge in [-0.3, -0.25) is 0 Å². The molecule has 0 saturated heterocycles. The molecule has 0 heterocycles. The van der Waals surface area contributed by atoms with Gasteiger partial charge in [-0.05, 0) is 0 Å². The van der Waals surface area contributed by atoms with Crippen LogP contribution in [0, 0.1) is 5.41 Å². The fraction of sp³-hybridized carbons (Fsp3) is 1.00. The third-order valence-corrected chi connectivity index (χ3v) is 3.00. The molecule has 26 heavy (non-hydrogen) atoms. The van der Waals surface area contributed by atoms with Gasteiger partial charge in [-0.15, -0.1) is 0 Å². The maximum Gasteiger partial charge on any atom is 0.457 e. The van der Waals surface area contributed by atoms with Crippen molar-refractivity contribution in [2.75, 3.05) is 0 Å². The van der Waals surface area contributed by atoms with Gasteiger partial charge in [-0.1, -0.05) is 0 Å². The van der Waals surface area contributed by atoms with E-state index in [0.29, 0.717) is 0 Å². The minimum absolute atomic E-state index is 7.67. The normalized spacial score (nSPS) is 18.7. The van der Waals surface area contributed by atoms with Gasteiger partial charge in [0.15, 0.2) is 0 Å². The third kappa shape index (κ3) is 2.83. The molecule has 0 bridgehead atoms. The number of hydrogen-bond donors (Lipinski definition) is 1. The molecule has 18 heteroatoms. The van der Waals surface area contributed by atoms with E-state index in [0.717, 1.165) is 0 Å². The van der Waals surface area contributed by atoms with Gasteiger partial charge in [-0.25, -0.2) is 4.39 Å². The number of aliphatic hydroxyl groups is 1. The molecule has 0 radical (unpaired) electrons. The second-order valence-electron chi connectivity index (χ2n) is 4.52. The van der Waals surface area contributed by atoms with E-state index in [1.165, 1.54) is 0 Å². The molecule has 0 aliphatic heterocycles. The number of alkyl halides is 17. The van der Waals surface area contributed by atoms with Crippen LogP contribution < -0.4 is 0 Å². The SMILES string of the molecule is OC(F)(F)C(F)(C(F)(F)C(F)(F)F)C(C(F)(F)F)(C(F)(F)F)C(F)(F)F. The molecule has 0 saturated carbocycles. The molecule has 0 spiro atoms. The summed E-state index contributed by atoms with van der Waals surface area (Å²) in [6, 6.07) is 0. The zero-order valence-electron chi connectivity index (χ0n) is 10.9. The molecule has 0 aromatic carbocycles. The fourth-order valence-corrected chi connectivity index (χ4v) is 1.91. The summed E-state index contributed by atoms with van der Waals surface area (Å²) in [5.41, 5.74) is -18.1. The van der Waals surface area contributed by atoms with Gasteiger partial charge < -0.3 is 5.11 Å². The van der Waals surface area contributed by atoms with Crippen molar-refractivity contribution in [1.82, 2.24) is 0 Å². The van der Waals surface area contributed by atoms with Crippen molar-refractivity contribution in [2.24, 2.45) is 5.41 Å². The van der Waals surface area contributed by atoms with Crippen molar-refractivity contribution in [3.05, 3.63) is 0 Å². The van der Waals surface area contributed by atoms with E-state index in [9.17, 15) is 74.6 Å². The van der Waals surface area contributed by atoms with Crippen molar-refractivity contribution < 1.29 is 79.7 Å². The van der Waals surface area contributed by atoms with Crippen LogP contribution in [0.15, 0.2) is 0 Å². The quantitative estimate of drug-likeness (QED) is 0.607. The Hall–Kier alpha value is -1.23. The molecule has 1 atom stereocenters. The zero-order valence-corrected chi connectivity index (χ0v) is 10.9. The molecule has 158 valence electrons. The van der Waals surface area contributed by atoms with E-state index in [2.05, 4.69) is 0 Å². The Morgan fingerprint density at radius 1 is 0.385 bits per heavy atom. The number of hydrogen-bond acceptors (Lipinski definition) is 1. The maximum absolute atomic E-state index is 13.8. The minimum Gasteiger partial charge on any atom is -0.334 e. The highest BCUT2D eigenvalue weighted by atomic mass is 19.4. The van der Waals surface area contributed by atoms with Crippen molar-refractivity contribution >= 4 is 0 Å². The van der Waals surface area contributed by atoms with Crippen LogP contribution in [0.3, 0.4) is 0 Å². The van der Waals surface area contributed by atoms with E-state index in [1.54, 1.807) is 0 Å². The monoisotopic (exact) mass is 436 g/mol. The summed E-state index contributed by atoms with van der Waals surface area (Å²) in [5.74, 6) is -8.70. The second-order valence-corrected chi connectivity index (χ2v) is 4.52. The standard InChI is InChI=1S/C8HF17O/c9-2(8(24,25)26,3(10,11)7(21,22)23)1(4(12,13)14,5(15,16)17)6(18,19)20/h26H. The summed E-state index contributed by atoms with van der Waals surface area (Å²) >= 11 is 0. The van der Waals surface area contributed by atoms with Crippen LogP contribution >= 0.6 is 0 Å². The van der Waals surface area contributed by atoms with Gasteiger partial charge in [0.2, 0.25) is 0 Å². The summed E-state index contributed by atoms with van der Waals surface area (Å²) in [6.45, 7) is 0. The predicted octanol–water partition coefficient (Wildman–Crippen LogP) is 5.15.